The fourth-order valence-electron chi connectivity index (χ4n) is 0.206. The first-order valence-electron chi connectivity index (χ1n) is 2.68. The first-order valence-corrected chi connectivity index (χ1v) is 2.68. The summed E-state index contributed by atoms with van der Waals surface area (Å²) in [6.07, 6.45) is 2.17. The Labute approximate surface area is 94.1 Å². The Morgan fingerprint density at radius 1 is 1.14 bits per heavy atom. The molecule has 14 heavy (non-hydrogen) atoms. The minimum absolute atomic E-state index is 0. The van der Waals surface area contributed by atoms with E-state index >= 15 is 0 Å². The Morgan fingerprint density at radius 3 is 1.50 bits per heavy atom. The van der Waals surface area contributed by atoms with E-state index in [0.29, 0.717) is 6.61 Å². The summed E-state index contributed by atoms with van der Waals surface area (Å²) in [7, 11) is 0. The van der Waals surface area contributed by atoms with Crippen LogP contribution in [0.25, 0.3) is 0 Å². The van der Waals surface area contributed by atoms with Crippen LogP contribution in [0.15, 0.2) is 0 Å². The van der Waals surface area contributed by atoms with Gasteiger partial charge >= 0.3 is 33.9 Å². The minimum Gasteiger partial charge on any atom is 0 e. The van der Waals surface area contributed by atoms with E-state index in [1.165, 1.54) is 12.8 Å². The van der Waals surface area contributed by atoms with E-state index in [-0.39, 0.29) is 17.1 Å². The van der Waals surface area contributed by atoms with Crippen LogP contribution >= 0.6 is 0 Å². The minimum atomic E-state index is -0.509. The molecule has 0 saturated carbocycles. The zero-order valence-corrected chi connectivity index (χ0v) is 8.35. The zero-order chi connectivity index (χ0) is 11.7. The van der Waals surface area contributed by atoms with Crippen molar-refractivity contribution in [2.24, 2.45) is 0 Å². The van der Waals surface area contributed by atoms with Crippen molar-refractivity contribution in [1.29, 1.82) is 0 Å². The van der Waals surface area contributed by atoms with Crippen molar-refractivity contribution in [3.05, 3.63) is 39.4 Å². The molecular weight excluding hydrogens is 232 g/mol. The second-order valence-corrected chi connectivity index (χ2v) is 1.26. The van der Waals surface area contributed by atoms with E-state index in [2.05, 4.69) is 20.0 Å². The summed E-state index contributed by atoms with van der Waals surface area (Å²) in [5, 5.41) is 17.9. The summed E-state index contributed by atoms with van der Waals surface area (Å²) in [5.74, 6) is 0. The van der Waals surface area contributed by atoms with Crippen molar-refractivity contribution in [3.63, 3.8) is 0 Å². The van der Waals surface area contributed by atoms with Crippen LogP contribution in [-0.2, 0) is 36.1 Å². The molecule has 0 rings (SSSR count). The van der Waals surface area contributed by atoms with Crippen molar-refractivity contribution in [1.82, 2.24) is 0 Å². The van der Waals surface area contributed by atoms with Crippen LogP contribution in [0.2, 0.25) is 0 Å². The van der Waals surface area contributed by atoms with Crippen LogP contribution < -0.4 is 0 Å². The summed E-state index contributed by atoms with van der Waals surface area (Å²) >= 11 is 0. The number of aliphatic hydroxyl groups excluding tert-OH is 1. The molecule has 0 aromatic carbocycles. The molecule has 0 spiro atoms. The fraction of sp³-hybridized carbons (Fsp3) is 0.250. The molecular formula is C8H8FeO5. The van der Waals surface area contributed by atoms with Gasteiger partial charge in [-0.05, 0) is 13.3 Å². The monoisotopic (exact) mass is 240 g/mol. The Kier molecular flexibility index (Phi) is 112. The summed E-state index contributed by atoms with van der Waals surface area (Å²) in [6, 6.07) is 0. The van der Waals surface area contributed by atoms with Crippen molar-refractivity contribution >= 4 is 0 Å². The van der Waals surface area contributed by atoms with Crippen LogP contribution in [0.1, 0.15) is 6.92 Å². The average Bonchev–Trinajstić information content (AvgIpc) is 2.24. The van der Waals surface area contributed by atoms with Gasteiger partial charge in [-0.1, -0.05) is 0 Å². The second-order valence-electron chi connectivity index (χ2n) is 1.26. The van der Waals surface area contributed by atoms with Gasteiger partial charge in [0.2, 0.25) is 0 Å². The van der Waals surface area contributed by atoms with E-state index < -0.39 is 6.10 Å². The maximum Gasteiger partial charge on any atom is 0 e. The number of aliphatic hydroxyl groups is 1. The van der Waals surface area contributed by atoms with Crippen LogP contribution in [0.3, 0.4) is 0 Å². The van der Waals surface area contributed by atoms with Crippen molar-refractivity contribution < 1.29 is 41.2 Å². The third kappa shape index (κ3) is 98.9. The Bertz CT molecular complexity index is 104. The summed E-state index contributed by atoms with van der Waals surface area (Å²) < 4.78 is 22.5. The first kappa shape index (κ1) is 29.2. The van der Waals surface area contributed by atoms with Gasteiger partial charge in [0.15, 0.2) is 0 Å². The SMILES string of the molecule is C[C@@H](O)[CH][CH][CH][O].[C-]#[O+].[C-]#[O+].[C-]#[O+].[Fe]. The van der Waals surface area contributed by atoms with Gasteiger partial charge in [0.25, 0.3) is 0 Å². The normalized spacial score (nSPS) is 7.50. The zero-order valence-electron chi connectivity index (χ0n) is 7.24. The summed E-state index contributed by atoms with van der Waals surface area (Å²) in [5.41, 5.74) is 0. The van der Waals surface area contributed by atoms with Crippen molar-refractivity contribution in [3.8, 4) is 0 Å². The van der Waals surface area contributed by atoms with Gasteiger partial charge in [-0.15, -0.1) is 0 Å². The molecule has 5 nitrogen and oxygen atoms in total. The van der Waals surface area contributed by atoms with Crippen LogP contribution in [0.4, 0.5) is 0 Å². The molecule has 0 aromatic rings. The molecule has 0 aromatic heterocycles. The quantitative estimate of drug-likeness (QED) is 0.426. The summed E-state index contributed by atoms with van der Waals surface area (Å²) in [4.78, 5) is 0. The molecule has 0 bridgehead atoms. The molecule has 78 valence electrons. The van der Waals surface area contributed by atoms with E-state index in [0.717, 1.165) is 0 Å². The van der Waals surface area contributed by atoms with Gasteiger partial charge < -0.3 is 5.11 Å². The molecule has 0 amide bonds. The third-order valence-electron chi connectivity index (χ3n) is 0.468. The van der Waals surface area contributed by atoms with Gasteiger partial charge in [0.1, 0.15) is 6.61 Å². The number of rotatable bonds is 3. The molecule has 1 N–H and O–H groups in total. The van der Waals surface area contributed by atoms with Gasteiger partial charge in [-0.2, -0.15) is 0 Å². The van der Waals surface area contributed by atoms with E-state index in [1.807, 2.05) is 0 Å². The average molecular weight is 240 g/mol. The van der Waals surface area contributed by atoms with E-state index in [9.17, 15) is 5.11 Å². The number of hydrogen-bond donors (Lipinski definition) is 1. The Balaban J connectivity index is -0.0000000332. The van der Waals surface area contributed by atoms with E-state index in [1.54, 1.807) is 6.92 Å². The molecule has 0 aliphatic carbocycles. The van der Waals surface area contributed by atoms with Crippen molar-refractivity contribution in [2.45, 2.75) is 13.0 Å². The predicted molar refractivity (Wildman–Crippen MR) is 37.1 cm³/mol. The smallest absolute Gasteiger partial charge is 0 e. The van der Waals surface area contributed by atoms with Gasteiger partial charge in [0.05, 0.1) is 6.10 Å². The Morgan fingerprint density at radius 2 is 1.43 bits per heavy atom. The fourth-order valence-corrected chi connectivity index (χ4v) is 0.206. The van der Waals surface area contributed by atoms with E-state index in [4.69, 9.17) is 19.1 Å². The molecule has 0 heterocycles. The standard InChI is InChI=1S/C5H8O2.3CO.Fe/c1-5(7)3-2-4-6;3*1-2;/h2-5,7H,1H3;;;;/t5-;;;;/m1..../s1. The third-order valence-corrected chi connectivity index (χ3v) is 0.468. The Hall–Kier alpha value is -0.341. The molecule has 4 radical (unpaired) electrons. The molecule has 0 fully saturated rings. The van der Waals surface area contributed by atoms with Gasteiger partial charge in [-0.25, -0.2) is 5.11 Å². The second kappa shape index (κ2) is 53.7. The van der Waals surface area contributed by atoms with Crippen molar-refractivity contribution in [2.75, 3.05) is 0 Å². The van der Waals surface area contributed by atoms with Gasteiger partial charge in [-0.3, -0.25) is 0 Å². The first-order chi connectivity index (χ1) is 6.27. The predicted octanol–water partition coefficient (Wildman–Crippen LogP) is 0.253. The topological polar surface area (TPSA) is 99.8 Å². The maximum atomic E-state index is 9.51. The molecule has 0 aliphatic heterocycles. The maximum absolute atomic E-state index is 9.51. The summed E-state index contributed by atoms with van der Waals surface area (Å²) in [6.45, 7) is 15.7. The van der Waals surface area contributed by atoms with Crippen LogP contribution in [-0.4, -0.2) is 11.2 Å². The largest absolute Gasteiger partial charge is 0 e. The molecule has 6 heteroatoms. The van der Waals surface area contributed by atoms with Gasteiger partial charge in [0, 0.05) is 23.5 Å². The van der Waals surface area contributed by atoms with Crippen LogP contribution in [0, 0.1) is 39.4 Å². The molecule has 0 unspecified atom stereocenters. The molecule has 1 atom stereocenters. The van der Waals surface area contributed by atoms with Crippen LogP contribution in [0.5, 0.6) is 0 Å². The molecule has 0 aliphatic rings. The number of hydrogen-bond acceptors (Lipinski definition) is 1. The molecule has 0 saturated heterocycles.